The van der Waals surface area contributed by atoms with Gasteiger partial charge >= 0.3 is 0 Å². The van der Waals surface area contributed by atoms with Crippen molar-refractivity contribution in [2.45, 2.75) is 13.8 Å². The fourth-order valence-electron chi connectivity index (χ4n) is 2.23. The first-order valence-electron chi connectivity index (χ1n) is 6.39. The Morgan fingerprint density at radius 3 is 2.52 bits per heavy atom. The molecule has 0 aliphatic carbocycles. The summed E-state index contributed by atoms with van der Waals surface area (Å²) in [6, 6.07) is 7.50. The fraction of sp³-hybridized carbons (Fsp3) is 0.125. The number of pyridine rings is 2. The molecule has 1 aromatic carbocycles. The van der Waals surface area contributed by atoms with Crippen molar-refractivity contribution in [2.75, 3.05) is 0 Å². The van der Waals surface area contributed by atoms with Gasteiger partial charge in [0.1, 0.15) is 11.3 Å². The van der Waals surface area contributed by atoms with Gasteiger partial charge in [-0.2, -0.15) is 0 Å². The van der Waals surface area contributed by atoms with Crippen LogP contribution >= 0.6 is 27.5 Å². The average Bonchev–Trinajstić information content (AvgIpc) is 2.42. The van der Waals surface area contributed by atoms with Gasteiger partial charge in [-0.3, -0.25) is 4.98 Å². The van der Waals surface area contributed by atoms with Gasteiger partial charge in [-0.25, -0.2) is 4.98 Å². The van der Waals surface area contributed by atoms with Gasteiger partial charge in [-0.1, -0.05) is 11.6 Å². The van der Waals surface area contributed by atoms with Gasteiger partial charge in [0.15, 0.2) is 5.75 Å². The zero-order chi connectivity index (χ0) is 15.0. The number of rotatable bonds is 2. The van der Waals surface area contributed by atoms with Gasteiger partial charge in [0.2, 0.25) is 0 Å². The molecule has 5 heteroatoms. The predicted molar refractivity (Wildman–Crippen MR) is 88.2 cm³/mol. The van der Waals surface area contributed by atoms with Crippen LogP contribution < -0.4 is 4.74 Å². The van der Waals surface area contributed by atoms with E-state index in [9.17, 15) is 0 Å². The van der Waals surface area contributed by atoms with Crippen LogP contribution in [0.25, 0.3) is 11.0 Å². The first kappa shape index (κ1) is 14.3. The Kier molecular flexibility index (Phi) is 3.83. The Labute approximate surface area is 136 Å². The number of ether oxygens (including phenoxy) is 1. The summed E-state index contributed by atoms with van der Waals surface area (Å²) in [5.41, 5.74) is 3.49. The van der Waals surface area contributed by atoms with Crippen LogP contribution in [0.15, 0.2) is 41.1 Å². The molecular weight excluding hydrogens is 352 g/mol. The van der Waals surface area contributed by atoms with Crippen LogP contribution in [-0.2, 0) is 0 Å². The summed E-state index contributed by atoms with van der Waals surface area (Å²) in [4.78, 5) is 8.70. The molecule has 0 amide bonds. The first-order valence-corrected chi connectivity index (χ1v) is 7.56. The van der Waals surface area contributed by atoms with Crippen LogP contribution in [0.5, 0.6) is 11.5 Å². The Morgan fingerprint density at radius 1 is 1.10 bits per heavy atom. The Morgan fingerprint density at radius 2 is 1.81 bits per heavy atom. The zero-order valence-electron chi connectivity index (χ0n) is 11.5. The molecule has 0 aliphatic heterocycles. The smallest absolute Gasteiger partial charge is 0.156 e. The standard InChI is InChI=1S/C16H12BrClN2O/c1-9-5-12(18)6-10(2)16(9)21-14-3-4-19-13-7-11(17)8-20-15(13)14/h3-8H,1-2H3. The number of nitrogens with zero attached hydrogens (tertiary/aromatic N) is 2. The van der Waals surface area contributed by atoms with E-state index in [0.717, 1.165) is 32.4 Å². The van der Waals surface area contributed by atoms with Gasteiger partial charge in [-0.15, -0.1) is 0 Å². The molecule has 3 nitrogen and oxygen atoms in total. The lowest BCUT2D eigenvalue weighted by Crippen LogP contribution is -1.94. The minimum Gasteiger partial charge on any atom is -0.454 e. The molecule has 0 aliphatic rings. The fourth-order valence-corrected chi connectivity index (χ4v) is 2.88. The maximum absolute atomic E-state index is 6.07. The second-order valence-electron chi connectivity index (χ2n) is 4.80. The lowest BCUT2D eigenvalue weighted by Gasteiger charge is -2.13. The Hall–Kier alpha value is -1.65. The maximum atomic E-state index is 6.07. The van der Waals surface area contributed by atoms with Crippen LogP contribution in [0.4, 0.5) is 0 Å². The van der Waals surface area contributed by atoms with Gasteiger partial charge < -0.3 is 4.74 Å². The summed E-state index contributed by atoms with van der Waals surface area (Å²) in [6.07, 6.45) is 3.45. The summed E-state index contributed by atoms with van der Waals surface area (Å²) < 4.78 is 6.96. The van der Waals surface area contributed by atoms with Crippen molar-refractivity contribution < 1.29 is 4.74 Å². The third-order valence-electron chi connectivity index (χ3n) is 3.14. The summed E-state index contributed by atoms with van der Waals surface area (Å²) in [5, 5.41) is 0.707. The molecule has 2 aromatic heterocycles. The highest BCUT2D eigenvalue weighted by Gasteiger charge is 2.11. The SMILES string of the molecule is Cc1cc(Cl)cc(C)c1Oc1ccnc2cc(Br)cnc12. The molecule has 0 N–H and O–H groups in total. The van der Waals surface area contributed by atoms with Crippen molar-refractivity contribution in [1.29, 1.82) is 0 Å². The number of benzene rings is 1. The average molecular weight is 364 g/mol. The Bertz CT molecular complexity index is 813. The second kappa shape index (κ2) is 5.62. The number of aryl methyl sites for hydroxylation is 2. The van der Waals surface area contributed by atoms with E-state index in [1.807, 2.05) is 38.1 Å². The van der Waals surface area contributed by atoms with Gasteiger partial charge in [0, 0.05) is 28.0 Å². The van der Waals surface area contributed by atoms with Crippen LogP contribution in [0.3, 0.4) is 0 Å². The molecule has 21 heavy (non-hydrogen) atoms. The van der Waals surface area contributed by atoms with E-state index in [4.69, 9.17) is 16.3 Å². The lowest BCUT2D eigenvalue weighted by molar-refractivity contribution is 0.479. The molecule has 2 heterocycles. The van der Waals surface area contributed by atoms with Crippen molar-refractivity contribution in [3.05, 3.63) is 57.3 Å². The summed E-state index contributed by atoms with van der Waals surface area (Å²) in [6.45, 7) is 3.95. The van der Waals surface area contributed by atoms with Crippen molar-refractivity contribution in [1.82, 2.24) is 9.97 Å². The highest BCUT2D eigenvalue weighted by molar-refractivity contribution is 9.10. The van der Waals surface area contributed by atoms with E-state index >= 15 is 0 Å². The van der Waals surface area contributed by atoms with E-state index in [-0.39, 0.29) is 0 Å². The molecule has 0 saturated heterocycles. The Balaban J connectivity index is 2.11. The van der Waals surface area contributed by atoms with E-state index < -0.39 is 0 Å². The summed E-state index contributed by atoms with van der Waals surface area (Å²) in [7, 11) is 0. The van der Waals surface area contributed by atoms with Crippen molar-refractivity contribution in [2.24, 2.45) is 0 Å². The minimum atomic E-state index is 0.682. The summed E-state index contributed by atoms with van der Waals surface area (Å²) >= 11 is 9.45. The molecule has 0 atom stereocenters. The van der Waals surface area contributed by atoms with Crippen LogP contribution in [0, 0.1) is 13.8 Å². The second-order valence-corrected chi connectivity index (χ2v) is 6.15. The normalized spacial score (nSPS) is 10.9. The van der Waals surface area contributed by atoms with Crippen LogP contribution in [0.1, 0.15) is 11.1 Å². The maximum Gasteiger partial charge on any atom is 0.156 e. The lowest BCUT2D eigenvalue weighted by atomic mass is 10.1. The predicted octanol–water partition coefficient (Wildman–Crippen LogP) is 5.45. The number of halogens is 2. The molecule has 0 bridgehead atoms. The minimum absolute atomic E-state index is 0.682. The number of fused-ring (bicyclic) bond motifs is 1. The molecule has 3 aromatic rings. The number of hydrogen-bond acceptors (Lipinski definition) is 3. The quantitative estimate of drug-likeness (QED) is 0.607. The topological polar surface area (TPSA) is 35.0 Å². The largest absolute Gasteiger partial charge is 0.454 e. The number of aromatic nitrogens is 2. The third-order valence-corrected chi connectivity index (χ3v) is 3.80. The summed E-state index contributed by atoms with van der Waals surface area (Å²) in [5.74, 6) is 1.48. The highest BCUT2D eigenvalue weighted by atomic mass is 79.9. The van der Waals surface area contributed by atoms with Crippen molar-refractivity contribution >= 4 is 38.6 Å². The molecule has 0 unspecified atom stereocenters. The monoisotopic (exact) mass is 362 g/mol. The van der Waals surface area contributed by atoms with Crippen LogP contribution in [0.2, 0.25) is 5.02 Å². The zero-order valence-corrected chi connectivity index (χ0v) is 13.9. The molecule has 3 rings (SSSR count). The highest BCUT2D eigenvalue weighted by Crippen LogP contribution is 2.34. The third kappa shape index (κ3) is 2.87. The first-order chi connectivity index (χ1) is 10.0. The van der Waals surface area contributed by atoms with E-state index in [1.165, 1.54) is 0 Å². The molecule has 0 fully saturated rings. The van der Waals surface area contributed by atoms with Gasteiger partial charge in [0.05, 0.1) is 5.52 Å². The molecule has 0 spiro atoms. The van der Waals surface area contributed by atoms with E-state index in [2.05, 4.69) is 25.9 Å². The van der Waals surface area contributed by atoms with E-state index in [0.29, 0.717) is 10.8 Å². The van der Waals surface area contributed by atoms with E-state index in [1.54, 1.807) is 12.4 Å². The van der Waals surface area contributed by atoms with Gasteiger partial charge in [-0.05, 0) is 59.1 Å². The number of hydrogen-bond donors (Lipinski definition) is 0. The van der Waals surface area contributed by atoms with Crippen molar-refractivity contribution in [3.8, 4) is 11.5 Å². The molecule has 106 valence electrons. The molecule has 0 radical (unpaired) electrons. The molecule has 0 saturated carbocycles. The van der Waals surface area contributed by atoms with Crippen molar-refractivity contribution in [3.63, 3.8) is 0 Å². The van der Waals surface area contributed by atoms with Crippen LogP contribution in [-0.4, -0.2) is 9.97 Å². The molecular formula is C16H12BrClN2O. The van der Waals surface area contributed by atoms with Gasteiger partial charge in [0.25, 0.3) is 0 Å².